The summed E-state index contributed by atoms with van der Waals surface area (Å²) in [7, 11) is 0. The Kier molecular flexibility index (Phi) is 1.27. The van der Waals surface area contributed by atoms with Crippen molar-refractivity contribution in [2.75, 3.05) is 0 Å². The second-order valence-electron chi connectivity index (χ2n) is 4.37. The number of urea groups is 1. The SMILES string of the molecule is NC(=O)N/N=C1/[C@@H]2CC[C@@H]2[C@H]2C[C@@H]12. The Bertz CT molecular complexity index is 299. The summed E-state index contributed by atoms with van der Waals surface area (Å²) in [5.41, 5.74) is 8.55. The summed E-state index contributed by atoms with van der Waals surface area (Å²) >= 11 is 0. The standard InChI is InChI=1S/C9H13N3O/c10-9(13)12-11-8-5-2-1-4(5)6-3-7(6)8/h4-7H,1-3H2,(H3,10,12,13)/b11-8-/t4-,5+,6+,7+/m0/s1. The molecule has 0 unspecified atom stereocenters. The Hall–Kier alpha value is -1.06. The molecule has 0 aromatic rings. The minimum absolute atomic E-state index is 0.549. The van der Waals surface area contributed by atoms with Gasteiger partial charge in [0, 0.05) is 17.5 Å². The van der Waals surface area contributed by atoms with Crippen LogP contribution >= 0.6 is 0 Å². The van der Waals surface area contributed by atoms with Crippen molar-refractivity contribution in [2.24, 2.45) is 34.5 Å². The molecule has 2 amide bonds. The number of carbonyl (C=O) groups is 1. The molecule has 0 bridgehead atoms. The third-order valence-corrected chi connectivity index (χ3v) is 3.77. The first-order valence-electron chi connectivity index (χ1n) is 4.90. The number of nitrogens with one attached hydrogen (secondary N) is 1. The topological polar surface area (TPSA) is 67.5 Å². The van der Waals surface area contributed by atoms with Gasteiger partial charge in [0.25, 0.3) is 0 Å². The molecule has 3 aliphatic rings. The first kappa shape index (κ1) is 7.35. The quantitative estimate of drug-likeness (QED) is 0.571. The van der Waals surface area contributed by atoms with Crippen LogP contribution in [0.3, 0.4) is 0 Å². The van der Waals surface area contributed by atoms with Crippen LogP contribution in [0.25, 0.3) is 0 Å². The van der Waals surface area contributed by atoms with Crippen molar-refractivity contribution in [2.45, 2.75) is 19.3 Å². The number of primary amides is 1. The number of hydrogen-bond acceptors (Lipinski definition) is 2. The highest BCUT2D eigenvalue weighted by Gasteiger charge is 2.61. The molecule has 4 atom stereocenters. The van der Waals surface area contributed by atoms with Gasteiger partial charge in [-0.05, 0) is 31.1 Å². The van der Waals surface area contributed by atoms with Crippen molar-refractivity contribution in [1.82, 2.24) is 5.43 Å². The van der Waals surface area contributed by atoms with Crippen molar-refractivity contribution in [3.8, 4) is 0 Å². The van der Waals surface area contributed by atoms with Gasteiger partial charge in [0.1, 0.15) is 0 Å². The lowest BCUT2D eigenvalue weighted by atomic mass is 9.72. The smallest absolute Gasteiger partial charge is 0.332 e. The maximum absolute atomic E-state index is 10.5. The molecular weight excluding hydrogens is 166 g/mol. The highest BCUT2D eigenvalue weighted by atomic mass is 16.2. The van der Waals surface area contributed by atoms with Gasteiger partial charge >= 0.3 is 6.03 Å². The van der Waals surface area contributed by atoms with E-state index >= 15 is 0 Å². The highest BCUT2D eigenvalue weighted by Crippen LogP contribution is 2.63. The molecule has 3 fully saturated rings. The van der Waals surface area contributed by atoms with Crippen LogP contribution in [0.15, 0.2) is 5.10 Å². The van der Waals surface area contributed by atoms with Gasteiger partial charge in [-0.3, -0.25) is 0 Å². The number of nitrogens with zero attached hydrogens (tertiary/aromatic N) is 1. The molecule has 4 heteroatoms. The number of hydrazone groups is 1. The molecule has 0 spiro atoms. The molecule has 0 aliphatic heterocycles. The van der Waals surface area contributed by atoms with Gasteiger partial charge in [-0.2, -0.15) is 5.10 Å². The summed E-state index contributed by atoms with van der Waals surface area (Å²) in [5.74, 6) is 3.14. The van der Waals surface area contributed by atoms with E-state index in [9.17, 15) is 4.79 Å². The fraction of sp³-hybridized carbons (Fsp3) is 0.778. The van der Waals surface area contributed by atoms with Crippen LogP contribution in [0.2, 0.25) is 0 Å². The number of hydrogen-bond donors (Lipinski definition) is 2. The minimum atomic E-state index is -0.549. The summed E-state index contributed by atoms with van der Waals surface area (Å²) in [5, 5.41) is 4.12. The maximum Gasteiger partial charge on any atom is 0.332 e. The van der Waals surface area contributed by atoms with Gasteiger partial charge in [0.05, 0.1) is 0 Å². The lowest BCUT2D eigenvalue weighted by Crippen LogP contribution is -2.32. The number of carbonyl (C=O) groups excluding carboxylic acids is 1. The molecule has 0 heterocycles. The van der Waals surface area contributed by atoms with Gasteiger partial charge in [-0.25, -0.2) is 10.2 Å². The maximum atomic E-state index is 10.5. The zero-order chi connectivity index (χ0) is 9.00. The van der Waals surface area contributed by atoms with Gasteiger partial charge < -0.3 is 5.73 Å². The predicted octanol–water partition coefficient (Wildman–Crippen LogP) is 0.687. The van der Waals surface area contributed by atoms with Crippen LogP contribution in [0.4, 0.5) is 4.79 Å². The van der Waals surface area contributed by atoms with Crippen molar-refractivity contribution in [1.29, 1.82) is 0 Å². The summed E-state index contributed by atoms with van der Waals surface area (Å²) < 4.78 is 0. The van der Waals surface area contributed by atoms with Gasteiger partial charge in [0.2, 0.25) is 0 Å². The predicted molar refractivity (Wildman–Crippen MR) is 48.0 cm³/mol. The number of rotatable bonds is 1. The highest BCUT2D eigenvalue weighted by molar-refractivity contribution is 5.95. The fourth-order valence-electron chi connectivity index (χ4n) is 2.99. The summed E-state index contributed by atoms with van der Waals surface area (Å²) in [4.78, 5) is 10.5. The Labute approximate surface area is 76.6 Å². The van der Waals surface area contributed by atoms with E-state index < -0.39 is 6.03 Å². The average Bonchev–Trinajstić information content (AvgIpc) is 2.70. The van der Waals surface area contributed by atoms with Gasteiger partial charge in [-0.1, -0.05) is 0 Å². The van der Waals surface area contributed by atoms with Crippen LogP contribution < -0.4 is 11.2 Å². The van der Waals surface area contributed by atoms with Crippen LogP contribution in [-0.2, 0) is 0 Å². The molecular formula is C9H13N3O. The Morgan fingerprint density at radius 2 is 2.23 bits per heavy atom. The summed E-state index contributed by atoms with van der Waals surface area (Å²) in [6.45, 7) is 0. The largest absolute Gasteiger partial charge is 0.350 e. The molecule has 13 heavy (non-hydrogen) atoms. The van der Waals surface area contributed by atoms with E-state index in [2.05, 4.69) is 10.5 Å². The molecule has 70 valence electrons. The fourth-order valence-corrected chi connectivity index (χ4v) is 2.99. The van der Waals surface area contributed by atoms with Crippen LogP contribution in [0.5, 0.6) is 0 Å². The van der Waals surface area contributed by atoms with E-state index in [4.69, 9.17) is 5.73 Å². The Morgan fingerprint density at radius 1 is 1.38 bits per heavy atom. The molecule has 0 aromatic carbocycles. The average molecular weight is 179 g/mol. The van der Waals surface area contributed by atoms with Crippen molar-refractivity contribution < 1.29 is 4.79 Å². The second kappa shape index (κ2) is 2.25. The lowest BCUT2D eigenvalue weighted by molar-refractivity contribution is 0.232. The Morgan fingerprint density at radius 3 is 2.77 bits per heavy atom. The van der Waals surface area contributed by atoms with E-state index in [1.807, 2.05) is 0 Å². The number of nitrogens with two attached hydrogens (primary N) is 1. The molecule has 3 saturated carbocycles. The molecule has 0 aromatic heterocycles. The van der Waals surface area contributed by atoms with Crippen LogP contribution in [-0.4, -0.2) is 11.7 Å². The zero-order valence-corrected chi connectivity index (χ0v) is 7.36. The van der Waals surface area contributed by atoms with Crippen molar-refractivity contribution in [3.05, 3.63) is 0 Å². The van der Waals surface area contributed by atoms with E-state index in [1.165, 1.54) is 25.0 Å². The first-order valence-corrected chi connectivity index (χ1v) is 4.90. The monoisotopic (exact) mass is 179 g/mol. The molecule has 0 radical (unpaired) electrons. The second-order valence-corrected chi connectivity index (χ2v) is 4.37. The van der Waals surface area contributed by atoms with Crippen LogP contribution in [0, 0.1) is 23.7 Å². The normalized spacial score (nSPS) is 47.8. The van der Waals surface area contributed by atoms with Crippen molar-refractivity contribution >= 4 is 11.7 Å². The first-order chi connectivity index (χ1) is 6.27. The molecule has 0 saturated heterocycles. The number of amides is 2. The lowest BCUT2D eigenvalue weighted by Gasteiger charge is -2.32. The van der Waals surface area contributed by atoms with E-state index in [1.54, 1.807) is 0 Å². The summed E-state index contributed by atoms with van der Waals surface area (Å²) in [6, 6.07) is -0.549. The van der Waals surface area contributed by atoms with Crippen LogP contribution in [0.1, 0.15) is 19.3 Å². The Balaban J connectivity index is 1.77. The minimum Gasteiger partial charge on any atom is -0.350 e. The summed E-state index contributed by atoms with van der Waals surface area (Å²) in [6.07, 6.45) is 3.92. The van der Waals surface area contributed by atoms with Gasteiger partial charge in [-0.15, -0.1) is 0 Å². The third kappa shape index (κ3) is 0.913. The third-order valence-electron chi connectivity index (χ3n) is 3.77. The molecule has 3 rings (SSSR count). The van der Waals surface area contributed by atoms with E-state index in [-0.39, 0.29) is 0 Å². The molecule has 3 N–H and O–H groups in total. The van der Waals surface area contributed by atoms with Gasteiger partial charge in [0.15, 0.2) is 0 Å². The van der Waals surface area contributed by atoms with Crippen molar-refractivity contribution in [3.63, 3.8) is 0 Å². The zero-order valence-electron chi connectivity index (χ0n) is 7.36. The number of fused-ring (bicyclic) bond motifs is 3. The van der Waals surface area contributed by atoms with E-state index in [0.717, 1.165) is 11.8 Å². The van der Waals surface area contributed by atoms with E-state index in [0.29, 0.717) is 11.8 Å². The molecule has 4 nitrogen and oxygen atoms in total. The molecule has 3 aliphatic carbocycles.